The molecule has 1 aliphatic carbocycles. The second-order valence-electron chi connectivity index (χ2n) is 3.94. The van der Waals surface area contributed by atoms with E-state index < -0.39 is 0 Å². The van der Waals surface area contributed by atoms with E-state index >= 15 is 0 Å². The van der Waals surface area contributed by atoms with E-state index in [4.69, 9.17) is 11.5 Å². The van der Waals surface area contributed by atoms with Gasteiger partial charge in [-0.05, 0) is 35.7 Å². The lowest BCUT2D eigenvalue weighted by Crippen LogP contribution is -2.35. The average molecular weight is 206 g/mol. The van der Waals surface area contributed by atoms with Gasteiger partial charge in [0.15, 0.2) is 0 Å². The molecule has 14 heavy (non-hydrogen) atoms. The van der Waals surface area contributed by atoms with Crippen LogP contribution in [0.2, 0.25) is 0 Å². The third-order valence-electron chi connectivity index (χ3n) is 2.38. The molecule has 0 fully saturated rings. The van der Waals surface area contributed by atoms with E-state index in [1.807, 2.05) is 18.4 Å². The van der Waals surface area contributed by atoms with E-state index in [0.29, 0.717) is 0 Å². The summed E-state index contributed by atoms with van der Waals surface area (Å²) in [7, 11) is 0. The number of rotatable bonds is 1. The van der Waals surface area contributed by atoms with E-state index in [1.165, 1.54) is 5.56 Å². The fourth-order valence-electron chi connectivity index (χ4n) is 1.58. The van der Waals surface area contributed by atoms with Gasteiger partial charge in [0.2, 0.25) is 0 Å². The molecular formula is C11H14N2S. The number of hydrogen-bond acceptors (Lipinski definition) is 3. The monoisotopic (exact) mass is 206 g/mol. The standard InChI is InChI=1S/C11H14N2S/c1-11(13)4-2-10(12)9(6-11)8-3-5-14-7-8/h2-3,5-7H,4,12-13H2,1H3. The predicted octanol–water partition coefficient (Wildman–Crippen LogP) is 2.10. The molecule has 3 heteroatoms. The molecule has 2 nitrogen and oxygen atoms in total. The van der Waals surface area contributed by atoms with Crippen molar-refractivity contribution < 1.29 is 0 Å². The minimum atomic E-state index is -0.264. The molecule has 1 unspecified atom stereocenters. The van der Waals surface area contributed by atoms with Crippen LogP contribution in [0, 0.1) is 0 Å². The van der Waals surface area contributed by atoms with Crippen LogP contribution >= 0.6 is 11.3 Å². The lowest BCUT2D eigenvalue weighted by atomic mass is 9.87. The zero-order valence-electron chi connectivity index (χ0n) is 8.16. The Hall–Kier alpha value is -1.06. The van der Waals surface area contributed by atoms with Crippen LogP contribution in [-0.2, 0) is 0 Å². The Morgan fingerprint density at radius 1 is 1.50 bits per heavy atom. The second kappa shape index (κ2) is 3.26. The first-order valence-electron chi connectivity index (χ1n) is 4.59. The van der Waals surface area contributed by atoms with Gasteiger partial charge in [-0.3, -0.25) is 0 Å². The Labute approximate surface area is 87.9 Å². The largest absolute Gasteiger partial charge is 0.398 e. The van der Waals surface area contributed by atoms with E-state index in [2.05, 4.69) is 17.5 Å². The number of nitrogens with two attached hydrogens (primary N) is 2. The second-order valence-corrected chi connectivity index (χ2v) is 4.72. The Balaban J connectivity index is 2.42. The number of allylic oxidation sites excluding steroid dienone is 1. The van der Waals surface area contributed by atoms with Crippen LogP contribution in [0.3, 0.4) is 0 Å². The molecule has 1 aliphatic rings. The van der Waals surface area contributed by atoms with Crippen molar-refractivity contribution in [2.75, 3.05) is 0 Å². The van der Waals surface area contributed by atoms with Gasteiger partial charge in [0.05, 0.1) is 0 Å². The van der Waals surface area contributed by atoms with Crippen molar-refractivity contribution in [3.63, 3.8) is 0 Å². The van der Waals surface area contributed by atoms with Gasteiger partial charge in [0, 0.05) is 16.8 Å². The summed E-state index contributed by atoms with van der Waals surface area (Å²) in [5, 5.41) is 4.14. The maximum absolute atomic E-state index is 6.06. The maximum Gasteiger partial charge on any atom is 0.0355 e. The van der Waals surface area contributed by atoms with Crippen molar-refractivity contribution in [1.82, 2.24) is 0 Å². The first-order chi connectivity index (χ1) is 6.58. The first-order valence-corrected chi connectivity index (χ1v) is 5.53. The van der Waals surface area contributed by atoms with Gasteiger partial charge in [0.25, 0.3) is 0 Å². The minimum Gasteiger partial charge on any atom is -0.398 e. The molecular weight excluding hydrogens is 192 g/mol. The topological polar surface area (TPSA) is 52.0 Å². The Kier molecular flexibility index (Phi) is 2.21. The Bertz CT molecular complexity index is 385. The molecule has 74 valence electrons. The van der Waals surface area contributed by atoms with Crippen molar-refractivity contribution in [3.05, 3.63) is 40.2 Å². The molecule has 0 saturated carbocycles. The SMILES string of the molecule is CC1(N)C=C(c2ccsc2)C(N)=CC1. The maximum atomic E-state index is 6.06. The molecule has 4 N–H and O–H groups in total. The predicted molar refractivity (Wildman–Crippen MR) is 61.8 cm³/mol. The molecule has 0 aromatic carbocycles. The lowest BCUT2D eigenvalue weighted by molar-refractivity contribution is 0.588. The van der Waals surface area contributed by atoms with Crippen LogP contribution in [0.15, 0.2) is 34.7 Å². The summed E-state index contributed by atoms with van der Waals surface area (Å²) in [4.78, 5) is 0. The minimum absolute atomic E-state index is 0.264. The molecule has 0 radical (unpaired) electrons. The normalized spacial score (nSPS) is 27.0. The molecule has 0 aliphatic heterocycles. The van der Waals surface area contributed by atoms with Gasteiger partial charge in [0.1, 0.15) is 0 Å². The van der Waals surface area contributed by atoms with E-state index in [1.54, 1.807) is 11.3 Å². The molecule has 0 amide bonds. The molecule has 2 rings (SSSR count). The van der Waals surface area contributed by atoms with Crippen molar-refractivity contribution in [1.29, 1.82) is 0 Å². The molecule has 1 aromatic heterocycles. The van der Waals surface area contributed by atoms with Crippen LogP contribution in [0.25, 0.3) is 5.57 Å². The fourth-order valence-corrected chi connectivity index (χ4v) is 2.24. The van der Waals surface area contributed by atoms with Gasteiger partial charge >= 0.3 is 0 Å². The number of hydrogen-bond donors (Lipinski definition) is 2. The summed E-state index contributed by atoms with van der Waals surface area (Å²) in [5.74, 6) is 0. The van der Waals surface area contributed by atoms with Gasteiger partial charge in [-0.2, -0.15) is 11.3 Å². The van der Waals surface area contributed by atoms with Crippen molar-refractivity contribution in [3.8, 4) is 0 Å². The zero-order chi connectivity index (χ0) is 10.2. The zero-order valence-corrected chi connectivity index (χ0v) is 8.97. The van der Waals surface area contributed by atoms with Gasteiger partial charge in [-0.25, -0.2) is 0 Å². The number of thiophene rings is 1. The third kappa shape index (κ3) is 1.74. The van der Waals surface area contributed by atoms with Crippen LogP contribution < -0.4 is 11.5 Å². The summed E-state index contributed by atoms with van der Waals surface area (Å²) in [6.45, 7) is 2.02. The highest BCUT2D eigenvalue weighted by atomic mass is 32.1. The molecule has 1 atom stereocenters. The lowest BCUT2D eigenvalue weighted by Gasteiger charge is -2.25. The van der Waals surface area contributed by atoms with Crippen LogP contribution in [0.1, 0.15) is 18.9 Å². The smallest absolute Gasteiger partial charge is 0.0355 e. The van der Waals surface area contributed by atoms with Gasteiger partial charge in [-0.1, -0.05) is 12.2 Å². The average Bonchev–Trinajstić information content (AvgIpc) is 2.62. The summed E-state index contributed by atoms with van der Waals surface area (Å²) in [6.07, 6.45) is 4.88. The summed E-state index contributed by atoms with van der Waals surface area (Å²) in [5.41, 5.74) is 14.8. The summed E-state index contributed by atoms with van der Waals surface area (Å²) >= 11 is 1.67. The Morgan fingerprint density at radius 2 is 2.29 bits per heavy atom. The van der Waals surface area contributed by atoms with E-state index in [0.717, 1.165) is 17.7 Å². The Morgan fingerprint density at radius 3 is 2.93 bits per heavy atom. The van der Waals surface area contributed by atoms with Crippen LogP contribution in [0.4, 0.5) is 0 Å². The molecule has 0 saturated heterocycles. The van der Waals surface area contributed by atoms with Crippen molar-refractivity contribution in [2.24, 2.45) is 11.5 Å². The van der Waals surface area contributed by atoms with Crippen molar-refractivity contribution >= 4 is 16.9 Å². The first kappa shape index (κ1) is 9.49. The van der Waals surface area contributed by atoms with Gasteiger partial charge < -0.3 is 11.5 Å². The van der Waals surface area contributed by atoms with E-state index in [-0.39, 0.29) is 5.54 Å². The highest BCUT2D eigenvalue weighted by Gasteiger charge is 2.21. The van der Waals surface area contributed by atoms with Crippen molar-refractivity contribution in [2.45, 2.75) is 18.9 Å². The summed E-state index contributed by atoms with van der Waals surface area (Å²) < 4.78 is 0. The van der Waals surface area contributed by atoms with Crippen LogP contribution in [0.5, 0.6) is 0 Å². The third-order valence-corrected chi connectivity index (χ3v) is 3.06. The highest BCUT2D eigenvalue weighted by Crippen LogP contribution is 2.29. The quantitative estimate of drug-likeness (QED) is 0.739. The molecule has 0 spiro atoms. The molecule has 0 bridgehead atoms. The highest BCUT2D eigenvalue weighted by molar-refractivity contribution is 7.08. The molecule has 1 heterocycles. The van der Waals surface area contributed by atoms with Crippen LogP contribution in [-0.4, -0.2) is 5.54 Å². The molecule has 1 aromatic rings. The summed E-state index contributed by atoms with van der Waals surface area (Å²) in [6, 6.07) is 2.07. The fraction of sp³-hybridized carbons (Fsp3) is 0.273. The van der Waals surface area contributed by atoms with E-state index in [9.17, 15) is 0 Å². The van der Waals surface area contributed by atoms with Gasteiger partial charge in [-0.15, -0.1) is 0 Å².